The van der Waals surface area contributed by atoms with Crippen LogP contribution in [0.5, 0.6) is 0 Å². The number of amides is 1. The normalized spacial score (nSPS) is 12.1. The summed E-state index contributed by atoms with van der Waals surface area (Å²) in [6.45, 7) is 0.0698. The molecular weight excluding hydrogens is 166 g/mol. The first-order valence-corrected chi connectivity index (χ1v) is 4.24. The third kappa shape index (κ3) is 2.87. The average Bonchev–Trinajstić information content (AvgIpc) is 2.19. The van der Waals surface area contributed by atoms with Crippen molar-refractivity contribution in [2.45, 2.75) is 12.5 Å². The molecule has 3 nitrogen and oxygen atoms in total. The summed E-state index contributed by atoms with van der Waals surface area (Å²) in [7, 11) is 0. The highest BCUT2D eigenvalue weighted by Gasteiger charge is 2.07. The van der Waals surface area contributed by atoms with E-state index >= 15 is 0 Å². The molecule has 3 heteroatoms. The van der Waals surface area contributed by atoms with Crippen molar-refractivity contribution in [2.24, 2.45) is 0 Å². The van der Waals surface area contributed by atoms with Crippen LogP contribution in [0.2, 0.25) is 0 Å². The molecule has 0 spiro atoms. The first kappa shape index (κ1) is 9.74. The summed E-state index contributed by atoms with van der Waals surface area (Å²) in [6.07, 6.45) is 1.20. The molecule has 0 heterocycles. The molecule has 0 radical (unpaired) electrons. The van der Waals surface area contributed by atoms with E-state index in [1.54, 1.807) is 0 Å². The summed E-state index contributed by atoms with van der Waals surface area (Å²) >= 11 is 0. The minimum absolute atomic E-state index is 0.0698. The van der Waals surface area contributed by atoms with Crippen molar-refractivity contribution in [3.05, 3.63) is 35.9 Å². The van der Waals surface area contributed by atoms with Gasteiger partial charge in [-0.25, -0.2) is 0 Å². The number of nitrogens with one attached hydrogen (secondary N) is 1. The largest absolute Gasteiger partial charge is 0.396 e. The standard InChI is InChI=1S/C10H13NO2/c12-7-6-10(11-8-13)9-4-2-1-3-5-9/h1-5,8,10,12H,6-7H2,(H,11,13)/t10-/m0/s1. The number of carbonyl (C=O) groups is 1. The summed E-state index contributed by atoms with van der Waals surface area (Å²) in [4.78, 5) is 10.3. The lowest BCUT2D eigenvalue weighted by Gasteiger charge is -2.14. The van der Waals surface area contributed by atoms with E-state index < -0.39 is 0 Å². The van der Waals surface area contributed by atoms with Crippen LogP contribution in [-0.4, -0.2) is 18.1 Å². The molecule has 2 N–H and O–H groups in total. The van der Waals surface area contributed by atoms with Crippen LogP contribution in [0, 0.1) is 0 Å². The van der Waals surface area contributed by atoms with E-state index in [0.29, 0.717) is 12.8 Å². The number of hydrogen-bond donors (Lipinski definition) is 2. The molecule has 0 aliphatic heterocycles. The van der Waals surface area contributed by atoms with Crippen LogP contribution in [0.1, 0.15) is 18.0 Å². The smallest absolute Gasteiger partial charge is 0.207 e. The molecule has 13 heavy (non-hydrogen) atoms. The van der Waals surface area contributed by atoms with Gasteiger partial charge in [-0.2, -0.15) is 0 Å². The highest BCUT2D eigenvalue weighted by atomic mass is 16.3. The first-order chi connectivity index (χ1) is 6.38. The third-order valence-electron chi connectivity index (χ3n) is 1.89. The van der Waals surface area contributed by atoms with Crippen molar-refractivity contribution >= 4 is 6.41 Å². The monoisotopic (exact) mass is 179 g/mol. The molecule has 0 aliphatic carbocycles. The number of carbonyl (C=O) groups excluding carboxylic acids is 1. The Hall–Kier alpha value is -1.35. The Morgan fingerprint density at radius 3 is 2.62 bits per heavy atom. The van der Waals surface area contributed by atoms with Crippen molar-refractivity contribution < 1.29 is 9.90 Å². The van der Waals surface area contributed by atoms with Gasteiger partial charge >= 0.3 is 0 Å². The highest BCUT2D eigenvalue weighted by Crippen LogP contribution is 2.14. The molecule has 0 unspecified atom stereocenters. The van der Waals surface area contributed by atoms with Gasteiger partial charge < -0.3 is 10.4 Å². The Morgan fingerprint density at radius 2 is 2.08 bits per heavy atom. The minimum Gasteiger partial charge on any atom is -0.396 e. The van der Waals surface area contributed by atoms with Gasteiger partial charge in [-0.05, 0) is 12.0 Å². The van der Waals surface area contributed by atoms with Gasteiger partial charge in [-0.3, -0.25) is 4.79 Å². The zero-order chi connectivity index (χ0) is 9.52. The van der Waals surface area contributed by atoms with Gasteiger partial charge in [0.05, 0.1) is 6.04 Å². The maximum Gasteiger partial charge on any atom is 0.207 e. The average molecular weight is 179 g/mol. The van der Waals surface area contributed by atoms with E-state index in [-0.39, 0.29) is 12.6 Å². The predicted octanol–water partition coefficient (Wildman–Crippen LogP) is 0.856. The molecule has 0 fully saturated rings. The second-order valence-electron chi connectivity index (χ2n) is 2.76. The number of aliphatic hydroxyl groups is 1. The van der Waals surface area contributed by atoms with Gasteiger partial charge in [0.15, 0.2) is 0 Å². The fraction of sp³-hybridized carbons (Fsp3) is 0.300. The molecule has 0 bridgehead atoms. The van der Waals surface area contributed by atoms with Gasteiger partial charge in [0.2, 0.25) is 6.41 Å². The predicted molar refractivity (Wildman–Crippen MR) is 50.1 cm³/mol. The van der Waals surface area contributed by atoms with Crippen molar-refractivity contribution in [1.82, 2.24) is 5.32 Å². The molecule has 0 aromatic heterocycles. The van der Waals surface area contributed by atoms with E-state index in [1.807, 2.05) is 30.3 Å². The number of rotatable bonds is 5. The molecule has 1 aromatic rings. The van der Waals surface area contributed by atoms with E-state index in [2.05, 4.69) is 5.32 Å². The molecule has 0 saturated heterocycles. The number of aliphatic hydroxyl groups excluding tert-OH is 1. The first-order valence-electron chi connectivity index (χ1n) is 4.24. The fourth-order valence-corrected chi connectivity index (χ4v) is 1.24. The zero-order valence-electron chi connectivity index (χ0n) is 7.31. The molecule has 1 rings (SSSR count). The summed E-state index contributed by atoms with van der Waals surface area (Å²) in [6, 6.07) is 9.51. The molecule has 1 aromatic carbocycles. The minimum atomic E-state index is -0.0799. The summed E-state index contributed by atoms with van der Waals surface area (Å²) in [5.41, 5.74) is 1.02. The second kappa shape index (κ2) is 5.32. The lowest BCUT2D eigenvalue weighted by atomic mass is 10.0. The van der Waals surface area contributed by atoms with Gasteiger partial charge in [0.25, 0.3) is 0 Å². The van der Waals surface area contributed by atoms with E-state index in [0.717, 1.165) is 5.56 Å². The Kier molecular flexibility index (Phi) is 3.99. The maximum absolute atomic E-state index is 10.3. The molecular formula is C10H13NO2. The number of benzene rings is 1. The zero-order valence-corrected chi connectivity index (χ0v) is 7.31. The quantitative estimate of drug-likeness (QED) is 0.658. The maximum atomic E-state index is 10.3. The summed E-state index contributed by atoms with van der Waals surface area (Å²) < 4.78 is 0. The summed E-state index contributed by atoms with van der Waals surface area (Å²) in [5.74, 6) is 0. The molecule has 0 aliphatic rings. The lowest BCUT2D eigenvalue weighted by Crippen LogP contribution is -2.20. The topological polar surface area (TPSA) is 49.3 Å². The van der Waals surface area contributed by atoms with Gasteiger partial charge in [0, 0.05) is 6.61 Å². The Morgan fingerprint density at radius 1 is 1.38 bits per heavy atom. The van der Waals surface area contributed by atoms with E-state index in [4.69, 9.17) is 5.11 Å². The van der Waals surface area contributed by atoms with Crippen LogP contribution in [0.3, 0.4) is 0 Å². The third-order valence-corrected chi connectivity index (χ3v) is 1.89. The van der Waals surface area contributed by atoms with Gasteiger partial charge in [-0.1, -0.05) is 30.3 Å². The highest BCUT2D eigenvalue weighted by molar-refractivity contribution is 5.47. The van der Waals surface area contributed by atoms with Crippen molar-refractivity contribution in [3.63, 3.8) is 0 Å². The van der Waals surface area contributed by atoms with Crippen LogP contribution >= 0.6 is 0 Å². The Balaban J connectivity index is 2.69. The SMILES string of the molecule is O=CN[C@@H](CCO)c1ccccc1. The Labute approximate surface area is 77.4 Å². The summed E-state index contributed by atoms with van der Waals surface area (Å²) in [5, 5.41) is 11.4. The van der Waals surface area contributed by atoms with Crippen LogP contribution in [0.4, 0.5) is 0 Å². The second-order valence-corrected chi connectivity index (χ2v) is 2.76. The van der Waals surface area contributed by atoms with Crippen LogP contribution < -0.4 is 5.32 Å². The van der Waals surface area contributed by atoms with Crippen molar-refractivity contribution in [2.75, 3.05) is 6.61 Å². The molecule has 70 valence electrons. The molecule has 1 atom stereocenters. The van der Waals surface area contributed by atoms with Crippen LogP contribution in [0.15, 0.2) is 30.3 Å². The van der Waals surface area contributed by atoms with Crippen LogP contribution in [0.25, 0.3) is 0 Å². The molecule has 0 saturated carbocycles. The molecule has 1 amide bonds. The van der Waals surface area contributed by atoms with Gasteiger partial charge in [-0.15, -0.1) is 0 Å². The lowest BCUT2D eigenvalue weighted by molar-refractivity contribution is -0.110. The van der Waals surface area contributed by atoms with Crippen molar-refractivity contribution in [1.29, 1.82) is 0 Å². The van der Waals surface area contributed by atoms with Gasteiger partial charge in [0.1, 0.15) is 0 Å². The van der Waals surface area contributed by atoms with Crippen molar-refractivity contribution in [3.8, 4) is 0 Å². The number of hydrogen-bond acceptors (Lipinski definition) is 2. The Bertz CT molecular complexity index is 248. The van der Waals surface area contributed by atoms with E-state index in [1.165, 1.54) is 0 Å². The van der Waals surface area contributed by atoms with E-state index in [9.17, 15) is 4.79 Å². The fourth-order valence-electron chi connectivity index (χ4n) is 1.24. The van der Waals surface area contributed by atoms with Crippen LogP contribution in [-0.2, 0) is 4.79 Å².